The zero-order chi connectivity index (χ0) is 13.1. The van der Waals surface area contributed by atoms with Crippen LogP contribution < -0.4 is 5.32 Å². The van der Waals surface area contributed by atoms with Crippen LogP contribution in [-0.2, 0) is 6.42 Å². The molecule has 4 nitrogen and oxygen atoms in total. The average molecular weight is 262 g/mol. The van der Waals surface area contributed by atoms with E-state index < -0.39 is 0 Å². The summed E-state index contributed by atoms with van der Waals surface area (Å²) >= 11 is 0. The van der Waals surface area contributed by atoms with Gasteiger partial charge in [0.2, 0.25) is 0 Å². The Hall–Kier alpha value is -0.870. The van der Waals surface area contributed by atoms with Gasteiger partial charge in [-0.05, 0) is 52.4 Å². The summed E-state index contributed by atoms with van der Waals surface area (Å²) in [4.78, 5) is 10.6. The third kappa shape index (κ3) is 3.37. The van der Waals surface area contributed by atoms with Crippen molar-refractivity contribution in [1.29, 1.82) is 0 Å². The lowest BCUT2D eigenvalue weighted by Gasteiger charge is -2.28. The van der Waals surface area contributed by atoms with Crippen molar-refractivity contribution >= 4 is 0 Å². The molecule has 1 atom stereocenters. The van der Waals surface area contributed by atoms with Crippen molar-refractivity contribution in [3.63, 3.8) is 0 Å². The largest absolute Gasteiger partial charge is 0.346 e. The van der Waals surface area contributed by atoms with Crippen LogP contribution in [0, 0.1) is 0 Å². The summed E-state index contributed by atoms with van der Waals surface area (Å²) in [6.45, 7) is 3.60. The SMILES string of the molecule is CN1CCC(c2cnc(CC3CCCCN3)[nH]2)CC1. The smallest absolute Gasteiger partial charge is 0.107 e. The quantitative estimate of drug-likeness (QED) is 0.874. The normalized spacial score (nSPS) is 26.7. The van der Waals surface area contributed by atoms with Crippen LogP contribution in [0.1, 0.15) is 49.5 Å². The third-order valence-corrected chi connectivity index (χ3v) is 4.66. The highest BCUT2D eigenvalue weighted by atomic mass is 15.1. The van der Waals surface area contributed by atoms with Crippen LogP contribution in [0.15, 0.2) is 6.20 Å². The lowest BCUT2D eigenvalue weighted by atomic mass is 9.94. The molecule has 0 bridgehead atoms. The molecule has 19 heavy (non-hydrogen) atoms. The Morgan fingerprint density at radius 2 is 2.11 bits per heavy atom. The van der Waals surface area contributed by atoms with Crippen molar-refractivity contribution in [1.82, 2.24) is 20.2 Å². The van der Waals surface area contributed by atoms with Crippen molar-refractivity contribution in [3.05, 3.63) is 17.7 Å². The van der Waals surface area contributed by atoms with Crippen LogP contribution in [0.5, 0.6) is 0 Å². The monoisotopic (exact) mass is 262 g/mol. The minimum absolute atomic E-state index is 0.630. The molecule has 0 aromatic carbocycles. The van der Waals surface area contributed by atoms with Gasteiger partial charge in [0.1, 0.15) is 5.82 Å². The van der Waals surface area contributed by atoms with Crippen molar-refractivity contribution in [3.8, 4) is 0 Å². The molecule has 1 unspecified atom stereocenters. The van der Waals surface area contributed by atoms with Crippen LogP contribution in [0.4, 0.5) is 0 Å². The number of imidazole rings is 1. The number of H-pyrrole nitrogens is 1. The molecule has 3 heterocycles. The first-order valence-electron chi connectivity index (χ1n) is 7.77. The number of nitrogens with zero attached hydrogens (tertiary/aromatic N) is 2. The summed E-state index contributed by atoms with van der Waals surface area (Å²) in [7, 11) is 2.21. The summed E-state index contributed by atoms with van der Waals surface area (Å²) in [5, 5.41) is 3.60. The molecule has 2 N–H and O–H groups in total. The second kappa shape index (κ2) is 6.06. The summed E-state index contributed by atoms with van der Waals surface area (Å²) in [6, 6.07) is 0.630. The molecule has 0 aliphatic carbocycles. The Kier molecular flexibility index (Phi) is 4.18. The molecule has 3 rings (SSSR count). The van der Waals surface area contributed by atoms with Gasteiger partial charge < -0.3 is 15.2 Å². The van der Waals surface area contributed by atoms with Gasteiger partial charge >= 0.3 is 0 Å². The number of aromatic amines is 1. The van der Waals surface area contributed by atoms with Gasteiger partial charge in [-0.25, -0.2) is 4.98 Å². The molecule has 0 saturated carbocycles. The maximum absolute atomic E-state index is 4.60. The molecule has 0 radical (unpaired) electrons. The summed E-state index contributed by atoms with van der Waals surface area (Å²) < 4.78 is 0. The Morgan fingerprint density at radius 3 is 2.84 bits per heavy atom. The molecule has 2 saturated heterocycles. The summed E-state index contributed by atoms with van der Waals surface area (Å²) in [5.41, 5.74) is 1.36. The highest BCUT2D eigenvalue weighted by molar-refractivity contribution is 5.09. The zero-order valence-corrected chi connectivity index (χ0v) is 12.0. The summed E-state index contributed by atoms with van der Waals surface area (Å²) in [6.07, 6.45) is 9.65. The van der Waals surface area contributed by atoms with Crippen LogP contribution in [-0.4, -0.2) is 47.6 Å². The van der Waals surface area contributed by atoms with Gasteiger partial charge in [-0.2, -0.15) is 0 Å². The second-order valence-corrected chi connectivity index (χ2v) is 6.21. The molecule has 1 aromatic heterocycles. The van der Waals surface area contributed by atoms with E-state index in [2.05, 4.69) is 33.4 Å². The van der Waals surface area contributed by atoms with Crippen molar-refractivity contribution < 1.29 is 0 Å². The minimum Gasteiger partial charge on any atom is -0.346 e. The van der Waals surface area contributed by atoms with Gasteiger partial charge in [-0.3, -0.25) is 0 Å². The first kappa shape index (κ1) is 13.1. The highest BCUT2D eigenvalue weighted by Crippen LogP contribution is 2.26. The second-order valence-electron chi connectivity index (χ2n) is 6.21. The van der Waals surface area contributed by atoms with E-state index in [1.165, 1.54) is 63.3 Å². The number of aromatic nitrogens is 2. The zero-order valence-electron chi connectivity index (χ0n) is 12.0. The lowest BCUT2D eigenvalue weighted by molar-refractivity contribution is 0.253. The molecular weight excluding hydrogens is 236 g/mol. The number of rotatable bonds is 3. The number of hydrogen-bond donors (Lipinski definition) is 2. The Labute approximate surface area is 116 Å². The maximum Gasteiger partial charge on any atom is 0.107 e. The molecular formula is C15H26N4. The molecule has 0 spiro atoms. The fraction of sp³-hybridized carbons (Fsp3) is 0.800. The molecule has 1 aromatic rings. The molecule has 2 aliphatic rings. The van der Waals surface area contributed by atoms with E-state index in [1.54, 1.807) is 0 Å². The van der Waals surface area contributed by atoms with Gasteiger partial charge in [0.15, 0.2) is 0 Å². The minimum atomic E-state index is 0.630. The molecule has 2 fully saturated rings. The van der Waals surface area contributed by atoms with Gasteiger partial charge in [-0.1, -0.05) is 6.42 Å². The first-order valence-corrected chi connectivity index (χ1v) is 7.77. The van der Waals surface area contributed by atoms with E-state index in [-0.39, 0.29) is 0 Å². The van der Waals surface area contributed by atoms with E-state index in [0.717, 1.165) is 6.42 Å². The standard InChI is InChI=1S/C15H26N4/c1-19-8-5-12(6-9-19)14-11-17-15(18-14)10-13-4-2-3-7-16-13/h11-13,16H,2-10H2,1H3,(H,17,18). The third-order valence-electron chi connectivity index (χ3n) is 4.66. The summed E-state index contributed by atoms with van der Waals surface area (Å²) in [5.74, 6) is 1.87. The van der Waals surface area contributed by atoms with Crippen LogP contribution in [0.25, 0.3) is 0 Å². The number of nitrogens with one attached hydrogen (secondary N) is 2. The molecule has 4 heteroatoms. The van der Waals surface area contributed by atoms with E-state index in [0.29, 0.717) is 12.0 Å². The molecule has 2 aliphatic heterocycles. The Bertz CT molecular complexity index is 387. The number of hydrogen-bond acceptors (Lipinski definition) is 3. The van der Waals surface area contributed by atoms with Gasteiger partial charge in [-0.15, -0.1) is 0 Å². The van der Waals surface area contributed by atoms with Gasteiger partial charge in [0.25, 0.3) is 0 Å². The van der Waals surface area contributed by atoms with Gasteiger partial charge in [0, 0.05) is 30.3 Å². The van der Waals surface area contributed by atoms with Crippen LogP contribution in [0.2, 0.25) is 0 Å². The fourth-order valence-corrected chi connectivity index (χ4v) is 3.34. The predicted octanol–water partition coefficient (Wildman–Crippen LogP) is 1.90. The molecule has 106 valence electrons. The number of piperidine rings is 2. The predicted molar refractivity (Wildman–Crippen MR) is 77.4 cm³/mol. The van der Waals surface area contributed by atoms with Crippen molar-refractivity contribution in [2.45, 2.75) is 50.5 Å². The van der Waals surface area contributed by atoms with E-state index in [4.69, 9.17) is 0 Å². The maximum atomic E-state index is 4.60. The van der Waals surface area contributed by atoms with Gasteiger partial charge in [0.05, 0.1) is 0 Å². The van der Waals surface area contributed by atoms with Crippen LogP contribution >= 0.6 is 0 Å². The Morgan fingerprint density at radius 1 is 1.26 bits per heavy atom. The topological polar surface area (TPSA) is 44.0 Å². The number of likely N-dealkylation sites (tertiary alicyclic amines) is 1. The molecule has 0 amide bonds. The Balaban J connectivity index is 1.56. The fourth-order valence-electron chi connectivity index (χ4n) is 3.34. The van der Waals surface area contributed by atoms with Crippen LogP contribution in [0.3, 0.4) is 0 Å². The van der Waals surface area contributed by atoms with E-state index in [9.17, 15) is 0 Å². The van der Waals surface area contributed by atoms with E-state index in [1.807, 2.05) is 0 Å². The van der Waals surface area contributed by atoms with Crippen molar-refractivity contribution in [2.75, 3.05) is 26.7 Å². The average Bonchev–Trinajstić information content (AvgIpc) is 2.89. The van der Waals surface area contributed by atoms with Crippen molar-refractivity contribution in [2.24, 2.45) is 0 Å². The highest BCUT2D eigenvalue weighted by Gasteiger charge is 2.21. The lowest BCUT2D eigenvalue weighted by Crippen LogP contribution is -2.35. The first-order chi connectivity index (χ1) is 9.31. The van der Waals surface area contributed by atoms with E-state index >= 15 is 0 Å².